The molecule has 2 aliphatic rings. The molecule has 4 nitrogen and oxygen atoms in total. The lowest BCUT2D eigenvalue weighted by Crippen LogP contribution is -2.45. The number of fused-ring (bicyclic) bond motifs is 2. The first-order valence-corrected chi connectivity index (χ1v) is 8.51. The van der Waals surface area contributed by atoms with Gasteiger partial charge in [0.05, 0.1) is 5.92 Å². The van der Waals surface area contributed by atoms with E-state index in [4.69, 9.17) is 5.73 Å². The Labute approximate surface area is 141 Å². The van der Waals surface area contributed by atoms with E-state index in [2.05, 4.69) is 26.0 Å². The van der Waals surface area contributed by atoms with Crippen LogP contribution in [0.4, 0.5) is 8.78 Å². The van der Waals surface area contributed by atoms with Crippen molar-refractivity contribution in [1.82, 2.24) is 5.32 Å². The minimum Gasteiger partial charge on any atom is -0.434 e. The Balaban J connectivity index is 1.66. The third kappa shape index (κ3) is 3.50. The number of carbonyl (C=O) groups excluding carboxylic acids is 1. The van der Waals surface area contributed by atoms with Crippen LogP contribution in [0.3, 0.4) is 0 Å². The summed E-state index contributed by atoms with van der Waals surface area (Å²) >= 11 is 3.30. The molecule has 2 fully saturated rings. The number of nitrogens with two attached hydrogens (primary N) is 1. The molecular weight excluding hydrogens is 370 g/mol. The molecule has 0 saturated heterocycles. The lowest BCUT2D eigenvalue weighted by Gasteiger charge is -2.27. The van der Waals surface area contributed by atoms with E-state index in [0.29, 0.717) is 17.4 Å². The Kier molecular flexibility index (Phi) is 4.87. The van der Waals surface area contributed by atoms with Crippen molar-refractivity contribution < 1.29 is 18.3 Å². The van der Waals surface area contributed by atoms with E-state index in [1.807, 2.05) is 0 Å². The van der Waals surface area contributed by atoms with Crippen LogP contribution in [0.25, 0.3) is 0 Å². The molecule has 1 aromatic rings. The van der Waals surface area contributed by atoms with Crippen molar-refractivity contribution >= 4 is 21.8 Å². The lowest BCUT2D eigenvalue weighted by atomic mass is 9.84. The quantitative estimate of drug-likeness (QED) is 0.814. The smallest absolute Gasteiger partial charge is 0.387 e. The maximum Gasteiger partial charge on any atom is 0.387 e. The standard InChI is InChI=1S/C16H19BrF2N2O2/c17-11-3-4-12(23-16(18)19)10(6-11)7-21-15(22)13-8-1-2-9(5-8)14(13)20/h3-4,6,8-9,13-14,16H,1-2,5,7,20H2,(H,21,22). The molecular formula is C16H19BrF2N2O2. The van der Waals surface area contributed by atoms with Gasteiger partial charge in [0, 0.05) is 22.6 Å². The number of halogens is 3. The zero-order valence-corrected chi connectivity index (χ0v) is 14.1. The molecule has 0 spiro atoms. The molecule has 2 aliphatic carbocycles. The highest BCUT2D eigenvalue weighted by atomic mass is 79.9. The van der Waals surface area contributed by atoms with Gasteiger partial charge in [-0.2, -0.15) is 8.78 Å². The summed E-state index contributed by atoms with van der Waals surface area (Å²) in [6.45, 7) is -2.76. The van der Waals surface area contributed by atoms with Crippen molar-refractivity contribution in [1.29, 1.82) is 0 Å². The van der Waals surface area contributed by atoms with E-state index in [0.717, 1.165) is 23.7 Å². The first-order valence-electron chi connectivity index (χ1n) is 7.72. The Morgan fingerprint density at radius 3 is 2.78 bits per heavy atom. The molecule has 3 rings (SSSR count). The number of amides is 1. The molecule has 0 heterocycles. The minimum atomic E-state index is -2.90. The highest BCUT2D eigenvalue weighted by Gasteiger charge is 2.48. The fourth-order valence-electron chi connectivity index (χ4n) is 3.92. The molecule has 4 atom stereocenters. The summed E-state index contributed by atoms with van der Waals surface area (Å²) in [7, 11) is 0. The van der Waals surface area contributed by atoms with Gasteiger partial charge in [-0.15, -0.1) is 0 Å². The molecule has 23 heavy (non-hydrogen) atoms. The van der Waals surface area contributed by atoms with Gasteiger partial charge < -0.3 is 15.8 Å². The largest absolute Gasteiger partial charge is 0.434 e. The molecule has 2 saturated carbocycles. The van der Waals surface area contributed by atoms with E-state index in [1.165, 1.54) is 6.07 Å². The average Bonchev–Trinajstić information content (AvgIpc) is 3.07. The van der Waals surface area contributed by atoms with Gasteiger partial charge in [-0.3, -0.25) is 4.79 Å². The summed E-state index contributed by atoms with van der Waals surface area (Å²) in [5, 5.41) is 2.83. The van der Waals surface area contributed by atoms with Gasteiger partial charge >= 0.3 is 6.61 Å². The molecule has 2 bridgehead atoms. The van der Waals surface area contributed by atoms with Gasteiger partial charge in [0.15, 0.2) is 0 Å². The van der Waals surface area contributed by atoms with E-state index < -0.39 is 6.61 Å². The Morgan fingerprint density at radius 1 is 1.39 bits per heavy atom. The molecule has 0 radical (unpaired) electrons. The van der Waals surface area contributed by atoms with Crippen LogP contribution in [0.1, 0.15) is 24.8 Å². The summed E-state index contributed by atoms with van der Waals surface area (Å²) in [6, 6.07) is 4.65. The minimum absolute atomic E-state index is 0.0701. The number of carbonyl (C=O) groups is 1. The Bertz CT molecular complexity index is 597. The van der Waals surface area contributed by atoms with Gasteiger partial charge in [0.1, 0.15) is 5.75 Å². The van der Waals surface area contributed by atoms with Crippen LogP contribution < -0.4 is 15.8 Å². The highest BCUT2D eigenvalue weighted by molar-refractivity contribution is 9.10. The van der Waals surface area contributed by atoms with Crippen molar-refractivity contribution in [2.24, 2.45) is 23.5 Å². The van der Waals surface area contributed by atoms with Crippen molar-refractivity contribution in [3.8, 4) is 5.75 Å². The maximum atomic E-state index is 12.5. The molecule has 0 aliphatic heterocycles. The summed E-state index contributed by atoms with van der Waals surface area (Å²) in [5.41, 5.74) is 6.67. The third-order valence-electron chi connectivity index (χ3n) is 4.98. The molecule has 4 unspecified atom stereocenters. The SMILES string of the molecule is NC1C2CCC(C2)C1C(=O)NCc1cc(Br)ccc1OC(F)F. The van der Waals surface area contributed by atoms with Crippen molar-refractivity contribution in [2.75, 3.05) is 0 Å². The van der Waals surface area contributed by atoms with E-state index in [1.54, 1.807) is 12.1 Å². The number of hydrogen-bond acceptors (Lipinski definition) is 3. The van der Waals surface area contributed by atoms with Gasteiger partial charge in [-0.05, 0) is 49.3 Å². The Morgan fingerprint density at radius 2 is 2.13 bits per heavy atom. The number of nitrogens with one attached hydrogen (secondary N) is 1. The summed E-state index contributed by atoms with van der Waals surface area (Å²) in [6.07, 6.45) is 3.18. The van der Waals surface area contributed by atoms with Crippen LogP contribution in [0.5, 0.6) is 5.75 Å². The van der Waals surface area contributed by atoms with Crippen LogP contribution in [0.2, 0.25) is 0 Å². The predicted octanol–water partition coefficient (Wildman–Crippen LogP) is 3.04. The van der Waals surface area contributed by atoms with Crippen molar-refractivity contribution in [3.63, 3.8) is 0 Å². The van der Waals surface area contributed by atoms with Gasteiger partial charge in [0.2, 0.25) is 5.91 Å². The molecule has 1 aromatic carbocycles. The first-order chi connectivity index (χ1) is 11.0. The van der Waals surface area contributed by atoms with E-state index in [9.17, 15) is 13.6 Å². The normalized spacial score (nSPS) is 29.1. The van der Waals surface area contributed by atoms with Gasteiger partial charge in [-0.1, -0.05) is 15.9 Å². The highest BCUT2D eigenvalue weighted by Crippen LogP contribution is 2.47. The molecule has 7 heteroatoms. The van der Waals surface area contributed by atoms with E-state index >= 15 is 0 Å². The maximum absolute atomic E-state index is 12.5. The molecule has 0 aromatic heterocycles. The summed E-state index contributed by atoms with van der Waals surface area (Å²) in [5.74, 6) is 0.613. The van der Waals surface area contributed by atoms with Crippen LogP contribution >= 0.6 is 15.9 Å². The first kappa shape index (κ1) is 16.6. The number of hydrogen-bond donors (Lipinski definition) is 2. The third-order valence-corrected chi connectivity index (χ3v) is 5.47. The van der Waals surface area contributed by atoms with Crippen LogP contribution in [-0.4, -0.2) is 18.6 Å². The van der Waals surface area contributed by atoms with E-state index in [-0.39, 0.29) is 30.2 Å². The zero-order valence-electron chi connectivity index (χ0n) is 12.5. The topological polar surface area (TPSA) is 64.4 Å². The molecule has 1 amide bonds. The number of rotatable bonds is 5. The Hall–Kier alpha value is -1.21. The van der Waals surface area contributed by atoms with Crippen molar-refractivity contribution in [3.05, 3.63) is 28.2 Å². The summed E-state index contributed by atoms with van der Waals surface area (Å²) < 4.78 is 30.2. The zero-order chi connectivity index (χ0) is 16.6. The number of benzene rings is 1. The van der Waals surface area contributed by atoms with Gasteiger partial charge in [0.25, 0.3) is 0 Å². The van der Waals surface area contributed by atoms with Crippen LogP contribution in [-0.2, 0) is 11.3 Å². The second kappa shape index (κ2) is 6.73. The average molecular weight is 389 g/mol. The van der Waals surface area contributed by atoms with Gasteiger partial charge in [-0.25, -0.2) is 0 Å². The molecule has 126 valence electrons. The fraction of sp³-hybridized carbons (Fsp3) is 0.562. The monoisotopic (exact) mass is 388 g/mol. The van der Waals surface area contributed by atoms with Crippen LogP contribution in [0.15, 0.2) is 22.7 Å². The molecule has 3 N–H and O–H groups in total. The number of ether oxygens (including phenoxy) is 1. The fourth-order valence-corrected chi connectivity index (χ4v) is 4.33. The number of alkyl halides is 2. The lowest BCUT2D eigenvalue weighted by molar-refractivity contribution is -0.127. The van der Waals surface area contributed by atoms with Crippen LogP contribution in [0, 0.1) is 17.8 Å². The predicted molar refractivity (Wildman–Crippen MR) is 84.9 cm³/mol. The van der Waals surface area contributed by atoms with Crippen molar-refractivity contribution in [2.45, 2.75) is 38.5 Å². The second-order valence-corrected chi connectivity index (χ2v) is 7.20. The second-order valence-electron chi connectivity index (χ2n) is 6.28. The summed E-state index contributed by atoms with van der Waals surface area (Å²) in [4.78, 5) is 12.4.